The van der Waals surface area contributed by atoms with Crippen molar-refractivity contribution in [2.45, 2.75) is 26.9 Å². The van der Waals surface area contributed by atoms with E-state index in [0.717, 1.165) is 18.0 Å². The van der Waals surface area contributed by atoms with E-state index in [2.05, 4.69) is 56.4 Å². The quantitative estimate of drug-likeness (QED) is 0.824. The van der Waals surface area contributed by atoms with E-state index in [1.54, 1.807) is 0 Å². The summed E-state index contributed by atoms with van der Waals surface area (Å²) < 4.78 is 6.12. The molecule has 0 saturated carbocycles. The molecule has 1 aliphatic rings. The average Bonchev–Trinajstić information content (AvgIpc) is 2.37. The van der Waals surface area contributed by atoms with Crippen molar-refractivity contribution in [2.24, 2.45) is 0 Å². The van der Waals surface area contributed by atoms with Crippen LogP contribution in [0, 0.1) is 20.8 Å². The molecule has 1 N–H and O–H groups in total. The van der Waals surface area contributed by atoms with Crippen LogP contribution in [-0.2, 0) is 0 Å². The smallest absolute Gasteiger partial charge is 0.143 e. The van der Waals surface area contributed by atoms with Gasteiger partial charge in [0, 0.05) is 0 Å². The van der Waals surface area contributed by atoms with E-state index in [-0.39, 0.29) is 6.10 Å². The molecule has 1 heterocycles. The number of aryl methyl sites for hydroxylation is 3. The Morgan fingerprint density at radius 3 is 2.42 bits per heavy atom. The van der Waals surface area contributed by atoms with Crippen LogP contribution in [0.15, 0.2) is 36.4 Å². The van der Waals surface area contributed by atoms with Gasteiger partial charge in [0.05, 0.1) is 12.2 Å². The molecule has 2 aromatic rings. The fourth-order valence-corrected chi connectivity index (χ4v) is 2.66. The zero-order chi connectivity index (χ0) is 13.4. The van der Waals surface area contributed by atoms with Crippen LogP contribution >= 0.6 is 0 Å². The van der Waals surface area contributed by atoms with Crippen molar-refractivity contribution < 1.29 is 4.74 Å². The van der Waals surface area contributed by atoms with Gasteiger partial charge in [-0.3, -0.25) is 0 Å². The van der Waals surface area contributed by atoms with E-state index >= 15 is 0 Å². The fourth-order valence-electron chi connectivity index (χ4n) is 2.66. The van der Waals surface area contributed by atoms with E-state index in [1.807, 2.05) is 6.07 Å². The zero-order valence-electron chi connectivity index (χ0n) is 11.7. The fraction of sp³-hybridized carbons (Fsp3) is 0.294. The highest BCUT2D eigenvalue weighted by Gasteiger charge is 2.21. The Morgan fingerprint density at radius 1 is 0.947 bits per heavy atom. The monoisotopic (exact) mass is 253 g/mol. The number of fused-ring (bicyclic) bond motifs is 1. The maximum Gasteiger partial charge on any atom is 0.143 e. The molecule has 0 spiro atoms. The maximum atomic E-state index is 6.12. The number of nitrogens with one attached hydrogen (secondary N) is 1. The summed E-state index contributed by atoms with van der Waals surface area (Å²) in [4.78, 5) is 0. The Kier molecular flexibility index (Phi) is 2.94. The van der Waals surface area contributed by atoms with Gasteiger partial charge in [0.25, 0.3) is 0 Å². The standard InChI is InChI=1S/C17H19NO/c1-11-4-5-16-15(9-11)18-10-17(19-16)14-7-12(2)6-13(3)8-14/h4-9,17-18H,10H2,1-3H3. The van der Waals surface area contributed by atoms with E-state index < -0.39 is 0 Å². The van der Waals surface area contributed by atoms with Gasteiger partial charge in [-0.2, -0.15) is 0 Å². The van der Waals surface area contributed by atoms with Crippen LogP contribution in [-0.4, -0.2) is 6.54 Å². The summed E-state index contributed by atoms with van der Waals surface area (Å²) in [6.45, 7) is 7.17. The lowest BCUT2D eigenvalue weighted by Crippen LogP contribution is -2.23. The first kappa shape index (κ1) is 12.1. The molecule has 2 nitrogen and oxygen atoms in total. The third kappa shape index (κ3) is 2.43. The number of rotatable bonds is 1. The van der Waals surface area contributed by atoms with Gasteiger partial charge in [-0.05, 0) is 44.0 Å². The van der Waals surface area contributed by atoms with Gasteiger partial charge < -0.3 is 10.1 Å². The van der Waals surface area contributed by atoms with Gasteiger partial charge in [-0.15, -0.1) is 0 Å². The van der Waals surface area contributed by atoms with Crippen molar-refractivity contribution in [3.05, 3.63) is 58.7 Å². The minimum absolute atomic E-state index is 0.0915. The largest absolute Gasteiger partial charge is 0.482 e. The first-order valence-corrected chi connectivity index (χ1v) is 6.71. The van der Waals surface area contributed by atoms with E-state index in [1.165, 1.54) is 22.3 Å². The molecule has 0 amide bonds. The number of ether oxygens (including phenoxy) is 1. The normalized spacial score (nSPS) is 17.3. The van der Waals surface area contributed by atoms with Crippen LogP contribution in [0.3, 0.4) is 0 Å². The Labute approximate surface area is 114 Å². The molecular formula is C17H19NO. The Hall–Kier alpha value is -1.96. The Bertz CT molecular complexity index is 598. The molecule has 0 radical (unpaired) electrons. The number of anilines is 1. The first-order valence-electron chi connectivity index (χ1n) is 6.71. The predicted molar refractivity (Wildman–Crippen MR) is 79.0 cm³/mol. The van der Waals surface area contributed by atoms with Crippen LogP contribution in [0.4, 0.5) is 5.69 Å². The van der Waals surface area contributed by atoms with E-state index in [9.17, 15) is 0 Å². The summed E-state index contributed by atoms with van der Waals surface area (Å²) >= 11 is 0. The lowest BCUT2D eigenvalue weighted by atomic mass is 10.0. The molecular weight excluding hydrogens is 234 g/mol. The third-order valence-electron chi connectivity index (χ3n) is 3.50. The SMILES string of the molecule is Cc1cc(C)cc(C2CNc3cc(C)ccc3O2)c1. The highest BCUT2D eigenvalue weighted by molar-refractivity contribution is 5.59. The molecule has 1 aliphatic heterocycles. The number of benzene rings is 2. The first-order chi connectivity index (χ1) is 9.11. The summed E-state index contributed by atoms with van der Waals surface area (Å²) in [6.07, 6.45) is 0.0915. The van der Waals surface area contributed by atoms with Gasteiger partial charge in [-0.1, -0.05) is 35.4 Å². The summed E-state index contributed by atoms with van der Waals surface area (Å²) in [5.74, 6) is 0.945. The van der Waals surface area contributed by atoms with Crippen molar-refractivity contribution in [1.82, 2.24) is 0 Å². The molecule has 0 aliphatic carbocycles. The second kappa shape index (κ2) is 4.61. The second-order valence-corrected chi connectivity index (χ2v) is 5.41. The maximum absolute atomic E-state index is 6.12. The van der Waals surface area contributed by atoms with Crippen molar-refractivity contribution in [1.29, 1.82) is 0 Å². The lowest BCUT2D eigenvalue weighted by molar-refractivity contribution is 0.210. The van der Waals surface area contributed by atoms with E-state index in [0.29, 0.717) is 0 Å². The molecule has 19 heavy (non-hydrogen) atoms. The minimum Gasteiger partial charge on any atom is -0.482 e. The minimum atomic E-state index is 0.0915. The van der Waals surface area contributed by atoms with Gasteiger partial charge >= 0.3 is 0 Å². The molecule has 2 heteroatoms. The van der Waals surface area contributed by atoms with Crippen LogP contribution < -0.4 is 10.1 Å². The van der Waals surface area contributed by atoms with Crippen molar-refractivity contribution in [3.63, 3.8) is 0 Å². The predicted octanol–water partition coefficient (Wildman–Crippen LogP) is 4.16. The van der Waals surface area contributed by atoms with Crippen LogP contribution in [0.2, 0.25) is 0 Å². The molecule has 1 atom stereocenters. The molecule has 98 valence electrons. The van der Waals surface area contributed by atoms with Crippen LogP contribution in [0.25, 0.3) is 0 Å². The highest BCUT2D eigenvalue weighted by atomic mass is 16.5. The zero-order valence-corrected chi connectivity index (χ0v) is 11.7. The summed E-state index contributed by atoms with van der Waals surface area (Å²) in [6, 6.07) is 12.9. The number of hydrogen-bond donors (Lipinski definition) is 1. The molecule has 0 fully saturated rings. The summed E-state index contributed by atoms with van der Waals surface area (Å²) in [7, 11) is 0. The van der Waals surface area contributed by atoms with Crippen molar-refractivity contribution in [2.75, 3.05) is 11.9 Å². The molecule has 0 saturated heterocycles. The summed E-state index contributed by atoms with van der Waals surface area (Å²) in [5.41, 5.74) is 6.16. The number of hydrogen-bond acceptors (Lipinski definition) is 2. The molecule has 1 unspecified atom stereocenters. The van der Waals surface area contributed by atoms with Crippen LogP contribution in [0.1, 0.15) is 28.4 Å². The third-order valence-corrected chi connectivity index (χ3v) is 3.50. The molecule has 3 rings (SSSR count). The molecule has 0 bridgehead atoms. The Balaban J connectivity index is 1.91. The summed E-state index contributed by atoms with van der Waals surface area (Å²) in [5, 5.41) is 3.47. The van der Waals surface area contributed by atoms with Gasteiger partial charge in [0.1, 0.15) is 11.9 Å². The lowest BCUT2D eigenvalue weighted by Gasteiger charge is -2.28. The van der Waals surface area contributed by atoms with Gasteiger partial charge in [-0.25, -0.2) is 0 Å². The van der Waals surface area contributed by atoms with Crippen LogP contribution in [0.5, 0.6) is 5.75 Å². The van der Waals surface area contributed by atoms with Crippen molar-refractivity contribution in [3.8, 4) is 5.75 Å². The molecule has 0 aromatic heterocycles. The highest BCUT2D eigenvalue weighted by Crippen LogP contribution is 2.35. The Morgan fingerprint density at radius 2 is 1.68 bits per heavy atom. The van der Waals surface area contributed by atoms with Gasteiger partial charge in [0.2, 0.25) is 0 Å². The topological polar surface area (TPSA) is 21.3 Å². The average molecular weight is 253 g/mol. The second-order valence-electron chi connectivity index (χ2n) is 5.41. The van der Waals surface area contributed by atoms with E-state index in [4.69, 9.17) is 4.74 Å². The van der Waals surface area contributed by atoms with Gasteiger partial charge in [0.15, 0.2) is 0 Å². The van der Waals surface area contributed by atoms with Crippen molar-refractivity contribution >= 4 is 5.69 Å². The molecule has 2 aromatic carbocycles.